The minimum absolute atomic E-state index is 0.0189. The SMILES string of the molecule is [2H]C([2H])([2H])c1nnc(C(C)C)n1C1CC2CCC(C1)N2CCC(NC(=O)C1CC([2H])([2H])C(F)(F)C([2H])([2H])C1)c1ccccc1. The molecule has 3 aliphatic rings. The van der Waals surface area contributed by atoms with Crippen LogP contribution in [0.1, 0.15) is 116 Å². The van der Waals surface area contributed by atoms with Crippen LogP contribution < -0.4 is 5.32 Å². The number of hydrogen-bond donors (Lipinski definition) is 1. The van der Waals surface area contributed by atoms with Crippen molar-refractivity contribution in [3.63, 3.8) is 0 Å². The molecule has 5 rings (SSSR count). The summed E-state index contributed by atoms with van der Waals surface area (Å²) in [7, 11) is 0. The van der Waals surface area contributed by atoms with E-state index in [0.717, 1.165) is 31.2 Å². The van der Waals surface area contributed by atoms with Crippen LogP contribution in [0.25, 0.3) is 0 Å². The number of rotatable bonds is 8. The highest BCUT2D eigenvalue weighted by Crippen LogP contribution is 2.42. The average molecular weight is 521 g/mol. The molecular weight excluding hydrogens is 472 g/mol. The van der Waals surface area contributed by atoms with E-state index in [-0.39, 0.29) is 29.9 Å². The van der Waals surface area contributed by atoms with Crippen molar-refractivity contribution in [3.8, 4) is 0 Å². The number of fused-ring (bicyclic) bond motifs is 2. The lowest BCUT2D eigenvalue weighted by Gasteiger charge is -2.40. The zero-order chi connectivity index (χ0) is 32.2. The third kappa shape index (κ3) is 5.74. The molecule has 0 radical (unpaired) electrons. The molecule has 202 valence electrons. The number of aryl methyl sites for hydroxylation is 1. The van der Waals surface area contributed by atoms with Crippen molar-refractivity contribution in [3.05, 3.63) is 47.5 Å². The molecule has 1 saturated carbocycles. The first kappa shape index (κ1) is 18.8. The Balaban J connectivity index is 1.30. The maximum atomic E-state index is 14.5. The zero-order valence-corrected chi connectivity index (χ0v) is 21.5. The summed E-state index contributed by atoms with van der Waals surface area (Å²) in [5.74, 6) is -5.34. The topological polar surface area (TPSA) is 63.1 Å². The van der Waals surface area contributed by atoms with Gasteiger partial charge >= 0.3 is 0 Å². The highest BCUT2D eigenvalue weighted by Gasteiger charge is 2.42. The summed E-state index contributed by atoms with van der Waals surface area (Å²) in [6, 6.07) is 9.17. The number of carbonyl (C=O) groups excluding carboxylic acids is 1. The van der Waals surface area contributed by atoms with Crippen LogP contribution in [0.15, 0.2) is 30.3 Å². The van der Waals surface area contributed by atoms with E-state index in [1.165, 1.54) is 0 Å². The number of nitrogens with zero attached hydrogens (tertiary/aromatic N) is 4. The summed E-state index contributed by atoms with van der Waals surface area (Å²) < 4.78 is 86.1. The van der Waals surface area contributed by atoms with Gasteiger partial charge in [0.15, 0.2) is 0 Å². The number of nitrogens with one attached hydrogen (secondary N) is 1. The van der Waals surface area contributed by atoms with Crippen molar-refractivity contribution in [2.45, 2.75) is 114 Å². The fourth-order valence-corrected chi connectivity index (χ4v) is 6.28. The largest absolute Gasteiger partial charge is 0.349 e. The van der Waals surface area contributed by atoms with E-state index in [0.29, 0.717) is 18.8 Å². The molecule has 0 spiro atoms. The minimum Gasteiger partial charge on any atom is -0.349 e. The van der Waals surface area contributed by atoms with Gasteiger partial charge in [-0.25, -0.2) is 8.78 Å². The zero-order valence-electron chi connectivity index (χ0n) is 28.5. The van der Waals surface area contributed by atoms with E-state index in [9.17, 15) is 13.6 Å². The van der Waals surface area contributed by atoms with Crippen LogP contribution in [0, 0.1) is 12.8 Å². The number of piperidine rings is 1. The third-order valence-corrected chi connectivity index (χ3v) is 8.17. The molecule has 1 aromatic heterocycles. The molecule has 1 N–H and O–H groups in total. The normalized spacial score (nSPS) is 32.8. The van der Waals surface area contributed by atoms with E-state index in [1.54, 1.807) is 0 Å². The molecule has 1 aliphatic carbocycles. The minimum atomic E-state index is -4.20. The van der Waals surface area contributed by atoms with Crippen LogP contribution in [0.5, 0.6) is 0 Å². The number of alkyl halides is 2. The first-order valence-electron chi connectivity index (χ1n) is 16.9. The predicted octanol–water partition coefficient (Wildman–Crippen LogP) is 5.95. The molecule has 3 unspecified atom stereocenters. The monoisotopic (exact) mass is 520 g/mol. The highest BCUT2D eigenvalue weighted by atomic mass is 19.3. The van der Waals surface area contributed by atoms with Gasteiger partial charge in [0.05, 0.1) is 6.04 Å². The van der Waals surface area contributed by atoms with Gasteiger partial charge in [0, 0.05) is 58.8 Å². The number of hydrogen-bond acceptors (Lipinski definition) is 4. The molecule has 3 fully saturated rings. The lowest BCUT2D eigenvalue weighted by molar-refractivity contribution is -0.130. The van der Waals surface area contributed by atoms with Crippen LogP contribution in [0.3, 0.4) is 0 Å². The number of aromatic nitrogens is 3. The lowest BCUT2D eigenvalue weighted by atomic mass is 9.86. The first-order chi connectivity index (χ1) is 20.4. The standard InChI is InChI=1S/C29H41F2N5O/c1-19(2)27-34-33-20(3)36(27)25-17-23-9-10-24(18-25)35(23)16-13-26(21-7-5-4-6-8-21)32-28(37)22-11-14-29(30,31)15-12-22/h4-8,19,22-26H,9-18H2,1-3H3,(H,32,37)/i3D3,14D2,15D2. The quantitative estimate of drug-likeness (QED) is 0.467. The van der Waals surface area contributed by atoms with Crippen LogP contribution in [-0.2, 0) is 4.79 Å². The summed E-state index contributed by atoms with van der Waals surface area (Å²) in [5.41, 5.74) is 0.823. The van der Waals surface area contributed by atoms with Crippen LogP contribution in [0.4, 0.5) is 8.78 Å². The second-order valence-corrected chi connectivity index (χ2v) is 10.9. The maximum absolute atomic E-state index is 14.5. The van der Waals surface area contributed by atoms with Crippen LogP contribution >= 0.6 is 0 Å². The number of amides is 1. The molecule has 3 heterocycles. The van der Waals surface area contributed by atoms with Gasteiger partial charge in [-0.05, 0) is 57.4 Å². The predicted molar refractivity (Wildman–Crippen MR) is 139 cm³/mol. The fraction of sp³-hybridized carbons (Fsp3) is 0.690. The van der Waals surface area contributed by atoms with Crippen molar-refractivity contribution in [2.75, 3.05) is 6.54 Å². The second-order valence-electron chi connectivity index (χ2n) is 10.9. The van der Waals surface area contributed by atoms with Gasteiger partial charge in [-0.3, -0.25) is 9.69 Å². The van der Waals surface area contributed by atoms with Gasteiger partial charge in [0.25, 0.3) is 0 Å². The molecule has 2 bridgehead atoms. The van der Waals surface area contributed by atoms with Gasteiger partial charge in [0.1, 0.15) is 11.6 Å². The Morgan fingerprint density at radius 1 is 1.11 bits per heavy atom. The second kappa shape index (κ2) is 10.8. The van der Waals surface area contributed by atoms with E-state index < -0.39 is 56.2 Å². The smallest absolute Gasteiger partial charge is 0.248 e. The molecule has 1 amide bonds. The molecule has 3 atom stereocenters. The Labute approximate surface area is 229 Å². The van der Waals surface area contributed by atoms with E-state index in [1.807, 2.05) is 48.7 Å². The average Bonchev–Trinajstić information content (AvgIpc) is 3.48. The number of halogens is 2. The van der Waals surface area contributed by atoms with E-state index in [4.69, 9.17) is 9.60 Å². The van der Waals surface area contributed by atoms with Crippen LogP contribution in [-0.4, -0.2) is 50.1 Å². The number of carbonyl (C=O) groups is 1. The third-order valence-electron chi connectivity index (χ3n) is 8.17. The Morgan fingerprint density at radius 3 is 2.41 bits per heavy atom. The van der Waals surface area contributed by atoms with Gasteiger partial charge in [-0.15, -0.1) is 10.2 Å². The van der Waals surface area contributed by atoms with Crippen LogP contribution in [0.2, 0.25) is 0 Å². The summed E-state index contributed by atoms with van der Waals surface area (Å²) in [6.07, 6.45) is -3.88. The van der Waals surface area contributed by atoms with Crippen molar-refractivity contribution in [1.82, 2.24) is 25.0 Å². The lowest BCUT2D eigenvalue weighted by Crippen LogP contribution is -2.45. The van der Waals surface area contributed by atoms with Gasteiger partial charge in [-0.1, -0.05) is 44.2 Å². The van der Waals surface area contributed by atoms with Crippen molar-refractivity contribution in [1.29, 1.82) is 0 Å². The van der Waals surface area contributed by atoms with Gasteiger partial charge in [0.2, 0.25) is 11.8 Å². The van der Waals surface area contributed by atoms with Crippen molar-refractivity contribution < 1.29 is 23.2 Å². The van der Waals surface area contributed by atoms with Gasteiger partial charge in [-0.2, -0.15) is 0 Å². The summed E-state index contributed by atoms with van der Waals surface area (Å²) >= 11 is 0. The fourth-order valence-electron chi connectivity index (χ4n) is 6.28. The Hall–Kier alpha value is -2.35. The first-order valence-corrected chi connectivity index (χ1v) is 13.4. The molecule has 1 aromatic carbocycles. The molecule has 2 saturated heterocycles. The molecule has 2 aliphatic heterocycles. The molecular formula is C29H41F2N5O. The Bertz CT molecular complexity index is 1300. The summed E-state index contributed by atoms with van der Waals surface area (Å²) in [6.45, 7) is 2.22. The van der Waals surface area contributed by atoms with E-state index >= 15 is 0 Å². The Kier molecular flexibility index (Phi) is 5.49. The van der Waals surface area contributed by atoms with Crippen molar-refractivity contribution >= 4 is 5.91 Å². The summed E-state index contributed by atoms with van der Waals surface area (Å²) in [4.78, 5) is 15.8. The maximum Gasteiger partial charge on any atom is 0.248 e. The molecule has 2 aromatic rings. The summed E-state index contributed by atoms with van der Waals surface area (Å²) in [5, 5.41) is 11.3. The number of benzene rings is 1. The molecule has 6 nitrogen and oxygen atoms in total. The van der Waals surface area contributed by atoms with Gasteiger partial charge < -0.3 is 9.88 Å². The Morgan fingerprint density at radius 2 is 1.78 bits per heavy atom. The highest BCUT2D eigenvalue weighted by molar-refractivity contribution is 5.79. The van der Waals surface area contributed by atoms with Crippen molar-refractivity contribution in [2.24, 2.45) is 5.92 Å². The molecule has 37 heavy (non-hydrogen) atoms. The van der Waals surface area contributed by atoms with E-state index in [2.05, 4.69) is 20.4 Å². The molecule has 8 heteroatoms.